The maximum atomic E-state index is 10.2. The van der Waals surface area contributed by atoms with E-state index in [1.165, 1.54) is 11.1 Å². The fraction of sp³-hybridized carbons (Fsp3) is 0.545. The molecule has 1 aromatic heterocycles. The number of hydrogen-bond donors (Lipinski definition) is 1. The van der Waals surface area contributed by atoms with Crippen molar-refractivity contribution >= 4 is 11.6 Å². The third-order valence-electron chi connectivity index (χ3n) is 5.73. The van der Waals surface area contributed by atoms with Gasteiger partial charge in [-0.25, -0.2) is 9.97 Å². The molecule has 0 radical (unpaired) electrons. The zero-order valence-corrected chi connectivity index (χ0v) is 17.6. The van der Waals surface area contributed by atoms with Gasteiger partial charge in [0, 0.05) is 38.3 Å². The third-order valence-corrected chi connectivity index (χ3v) is 5.73. The molecule has 4 rings (SSSR count). The molecule has 0 unspecified atom stereocenters. The summed E-state index contributed by atoms with van der Waals surface area (Å²) in [5, 5.41) is 10.2. The molecule has 7 nitrogen and oxygen atoms in total. The van der Waals surface area contributed by atoms with Crippen molar-refractivity contribution in [2.75, 3.05) is 50.1 Å². The van der Waals surface area contributed by atoms with Gasteiger partial charge in [-0.15, -0.1) is 0 Å². The maximum absolute atomic E-state index is 10.2. The molecule has 0 saturated carbocycles. The lowest BCUT2D eigenvalue weighted by Crippen LogP contribution is -2.38. The fourth-order valence-electron chi connectivity index (χ4n) is 4.42. The summed E-state index contributed by atoms with van der Waals surface area (Å²) in [6, 6.07) is 8.72. The van der Waals surface area contributed by atoms with Gasteiger partial charge in [-0.3, -0.25) is 0 Å². The molecular formula is C22H31N5O2. The molecule has 3 heterocycles. The van der Waals surface area contributed by atoms with Crippen LogP contribution in [0.3, 0.4) is 0 Å². The van der Waals surface area contributed by atoms with Crippen LogP contribution in [0.2, 0.25) is 0 Å². The van der Waals surface area contributed by atoms with Crippen molar-refractivity contribution in [2.24, 2.45) is 0 Å². The van der Waals surface area contributed by atoms with Crippen LogP contribution in [0.15, 0.2) is 30.6 Å². The van der Waals surface area contributed by atoms with Crippen molar-refractivity contribution in [1.82, 2.24) is 14.9 Å². The van der Waals surface area contributed by atoms with E-state index in [9.17, 15) is 5.11 Å². The van der Waals surface area contributed by atoms with Gasteiger partial charge in [0.15, 0.2) is 0 Å². The van der Waals surface area contributed by atoms with Crippen molar-refractivity contribution in [3.05, 3.63) is 41.7 Å². The van der Waals surface area contributed by atoms with Crippen molar-refractivity contribution < 1.29 is 9.84 Å². The maximum Gasteiger partial charge on any atom is 0.134 e. The van der Waals surface area contributed by atoms with Crippen LogP contribution in [-0.2, 0) is 13.0 Å². The quantitative estimate of drug-likeness (QED) is 0.799. The minimum atomic E-state index is -0.306. The Kier molecular flexibility index (Phi) is 5.87. The number of aliphatic hydroxyl groups excluding tert-OH is 1. The van der Waals surface area contributed by atoms with Crippen LogP contribution in [0.5, 0.6) is 5.75 Å². The van der Waals surface area contributed by atoms with E-state index in [1.54, 1.807) is 6.33 Å². The average Bonchev–Trinajstić information content (AvgIpc) is 3.07. The van der Waals surface area contributed by atoms with E-state index in [2.05, 4.69) is 63.0 Å². The highest BCUT2D eigenvalue weighted by Crippen LogP contribution is 2.30. The van der Waals surface area contributed by atoms with Crippen LogP contribution in [0.4, 0.5) is 11.6 Å². The number of β-amino-alcohol motifs (C(OH)–C–C–N with tert-alkyl or cyclic N) is 1. The SMILES string of the molecule is CCOc1ccc2c(c1)CCN(c1cc(N3C[C@H](O)C[C@@H]3CN(C)C)ncn1)C2. The monoisotopic (exact) mass is 397 g/mol. The number of hydrogen-bond acceptors (Lipinski definition) is 7. The van der Waals surface area contributed by atoms with E-state index < -0.39 is 0 Å². The van der Waals surface area contributed by atoms with Gasteiger partial charge in [-0.2, -0.15) is 0 Å². The lowest BCUT2D eigenvalue weighted by atomic mass is 9.99. The van der Waals surface area contributed by atoms with Gasteiger partial charge in [-0.05, 0) is 57.1 Å². The summed E-state index contributed by atoms with van der Waals surface area (Å²) >= 11 is 0. The van der Waals surface area contributed by atoms with Crippen molar-refractivity contribution in [3.8, 4) is 5.75 Å². The van der Waals surface area contributed by atoms with E-state index in [0.717, 1.165) is 49.9 Å². The van der Waals surface area contributed by atoms with Crippen LogP contribution in [-0.4, -0.2) is 72.5 Å². The second-order valence-electron chi connectivity index (χ2n) is 8.23. The fourth-order valence-corrected chi connectivity index (χ4v) is 4.42. The molecule has 1 saturated heterocycles. The molecule has 156 valence electrons. The summed E-state index contributed by atoms with van der Waals surface area (Å²) < 4.78 is 5.64. The van der Waals surface area contributed by atoms with Crippen molar-refractivity contribution in [2.45, 2.75) is 38.5 Å². The molecule has 0 bridgehead atoms. The first-order chi connectivity index (χ1) is 14.0. The summed E-state index contributed by atoms with van der Waals surface area (Å²) in [6.45, 7) is 5.98. The van der Waals surface area contributed by atoms with Gasteiger partial charge in [0.25, 0.3) is 0 Å². The van der Waals surface area contributed by atoms with Crippen LogP contribution >= 0.6 is 0 Å². The number of fused-ring (bicyclic) bond motifs is 1. The third kappa shape index (κ3) is 4.46. The Bertz CT molecular complexity index is 844. The van der Waals surface area contributed by atoms with Crippen LogP contribution in [0.25, 0.3) is 0 Å². The van der Waals surface area contributed by atoms with Gasteiger partial charge < -0.3 is 24.5 Å². The molecule has 2 aliphatic heterocycles. The number of ether oxygens (including phenoxy) is 1. The average molecular weight is 398 g/mol. The second kappa shape index (κ2) is 8.55. The van der Waals surface area contributed by atoms with Gasteiger partial charge in [0.1, 0.15) is 23.7 Å². The first kappa shape index (κ1) is 19.9. The number of anilines is 2. The van der Waals surface area contributed by atoms with Gasteiger partial charge >= 0.3 is 0 Å². The number of likely N-dealkylation sites (N-methyl/N-ethyl adjacent to an activating group) is 1. The molecule has 0 aliphatic carbocycles. The first-order valence-corrected chi connectivity index (χ1v) is 10.4. The Hall–Kier alpha value is -2.38. The highest BCUT2D eigenvalue weighted by Gasteiger charge is 2.32. The zero-order valence-electron chi connectivity index (χ0n) is 17.6. The van der Waals surface area contributed by atoms with Crippen LogP contribution in [0.1, 0.15) is 24.5 Å². The highest BCUT2D eigenvalue weighted by molar-refractivity contribution is 5.53. The smallest absolute Gasteiger partial charge is 0.134 e. The lowest BCUT2D eigenvalue weighted by Gasteiger charge is -2.32. The molecule has 2 aliphatic rings. The summed E-state index contributed by atoms with van der Waals surface area (Å²) in [4.78, 5) is 15.8. The predicted octanol–water partition coefficient (Wildman–Crippen LogP) is 1.94. The number of aromatic nitrogens is 2. The van der Waals surface area contributed by atoms with E-state index >= 15 is 0 Å². The first-order valence-electron chi connectivity index (χ1n) is 10.4. The standard InChI is InChI=1S/C22H31N5O2/c1-4-29-20-6-5-17-12-26(8-7-16(17)9-20)21-11-22(24-15-23-21)27-14-19(28)10-18(27)13-25(2)3/h5-6,9,11,15,18-19,28H,4,7-8,10,12-14H2,1-3H3/t18-,19-/m1/s1. The van der Waals surface area contributed by atoms with E-state index in [-0.39, 0.29) is 12.1 Å². The summed E-state index contributed by atoms with van der Waals surface area (Å²) in [6.07, 6.45) is 3.09. The normalized spacial score (nSPS) is 21.6. The Labute approximate surface area is 172 Å². The Morgan fingerprint density at radius 3 is 2.79 bits per heavy atom. The molecule has 1 fully saturated rings. The molecule has 1 N–H and O–H groups in total. The van der Waals surface area contributed by atoms with Crippen LogP contribution < -0.4 is 14.5 Å². The Morgan fingerprint density at radius 1 is 1.17 bits per heavy atom. The second-order valence-corrected chi connectivity index (χ2v) is 8.23. The molecule has 29 heavy (non-hydrogen) atoms. The number of benzene rings is 1. The minimum absolute atomic E-state index is 0.266. The molecular weight excluding hydrogens is 366 g/mol. The van der Waals surface area contributed by atoms with E-state index in [1.807, 2.05) is 6.92 Å². The van der Waals surface area contributed by atoms with Crippen molar-refractivity contribution in [3.63, 3.8) is 0 Å². The largest absolute Gasteiger partial charge is 0.494 e. The lowest BCUT2D eigenvalue weighted by molar-refractivity contribution is 0.191. The highest BCUT2D eigenvalue weighted by atomic mass is 16.5. The molecule has 2 aromatic rings. The van der Waals surface area contributed by atoms with E-state index in [4.69, 9.17) is 4.74 Å². The number of nitrogens with zero attached hydrogens (tertiary/aromatic N) is 5. The molecule has 1 aromatic carbocycles. The summed E-state index contributed by atoms with van der Waals surface area (Å²) in [5.41, 5.74) is 2.68. The Morgan fingerprint density at radius 2 is 2.00 bits per heavy atom. The molecule has 7 heteroatoms. The number of rotatable bonds is 6. The number of aliphatic hydroxyl groups is 1. The topological polar surface area (TPSA) is 65.0 Å². The summed E-state index contributed by atoms with van der Waals surface area (Å²) in [7, 11) is 4.13. The van der Waals surface area contributed by atoms with Gasteiger partial charge in [0.05, 0.1) is 12.7 Å². The van der Waals surface area contributed by atoms with Gasteiger partial charge in [-0.1, -0.05) is 6.07 Å². The van der Waals surface area contributed by atoms with Crippen LogP contribution in [0, 0.1) is 0 Å². The van der Waals surface area contributed by atoms with Gasteiger partial charge in [0.2, 0.25) is 0 Å². The Balaban J connectivity index is 1.52. The predicted molar refractivity (Wildman–Crippen MR) is 115 cm³/mol. The van der Waals surface area contributed by atoms with Crippen molar-refractivity contribution in [1.29, 1.82) is 0 Å². The molecule has 2 atom stereocenters. The molecule has 0 spiro atoms. The minimum Gasteiger partial charge on any atom is -0.494 e. The summed E-state index contributed by atoms with van der Waals surface area (Å²) in [5.74, 6) is 2.79. The zero-order chi connectivity index (χ0) is 20.4. The molecule has 0 amide bonds. The van der Waals surface area contributed by atoms with E-state index in [0.29, 0.717) is 13.2 Å².